The number of anilines is 2. The molecule has 0 spiro atoms. The summed E-state index contributed by atoms with van der Waals surface area (Å²) in [6.45, 7) is 2.26. The molecule has 0 aliphatic heterocycles. The minimum absolute atomic E-state index is 0.419. The number of nitrogens with zero attached hydrogens (tertiary/aromatic N) is 2. The van der Waals surface area contributed by atoms with Gasteiger partial charge in [-0.1, -0.05) is 31.2 Å². The average Bonchev–Trinajstić information content (AvgIpc) is 2.46. The molecule has 20 heavy (non-hydrogen) atoms. The van der Waals surface area contributed by atoms with Gasteiger partial charge < -0.3 is 9.80 Å². The maximum atomic E-state index is 2.26. The van der Waals surface area contributed by atoms with E-state index in [1.165, 1.54) is 22.5 Å². The van der Waals surface area contributed by atoms with Crippen LogP contribution in [0.3, 0.4) is 0 Å². The third-order valence-corrected chi connectivity index (χ3v) is 3.82. The fourth-order valence-electron chi connectivity index (χ4n) is 2.31. The Morgan fingerprint density at radius 2 is 0.900 bits per heavy atom. The number of hydrogen-bond acceptors (Lipinski definition) is 2. The van der Waals surface area contributed by atoms with E-state index in [0.717, 1.165) is 0 Å². The van der Waals surface area contributed by atoms with Crippen LogP contribution in [0.4, 0.5) is 11.4 Å². The Kier molecular flexibility index (Phi) is 4.33. The lowest BCUT2D eigenvalue weighted by Crippen LogP contribution is -2.09. The molecular formula is C18H24N2. The van der Waals surface area contributed by atoms with Crippen molar-refractivity contribution in [2.24, 2.45) is 0 Å². The Hall–Kier alpha value is -1.96. The normalized spacial score (nSPS) is 10.7. The van der Waals surface area contributed by atoms with Gasteiger partial charge in [0.25, 0.3) is 0 Å². The fourth-order valence-corrected chi connectivity index (χ4v) is 2.31. The van der Waals surface area contributed by atoms with Crippen molar-refractivity contribution in [3.05, 3.63) is 59.7 Å². The summed E-state index contributed by atoms with van der Waals surface area (Å²) in [4.78, 5) is 4.25. The molecule has 106 valence electrons. The van der Waals surface area contributed by atoms with Crippen LogP contribution in [0.25, 0.3) is 0 Å². The molecule has 2 aromatic rings. The lowest BCUT2D eigenvalue weighted by Gasteiger charge is -2.17. The first-order valence-electron chi connectivity index (χ1n) is 7.03. The van der Waals surface area contributed by atoms with E-state index in [9.17, 15) is 0 Å². The molecule has 0 aromatic heterocycles. The summed E-state index contributed by atoms with van der Waals surface area (Å²) in [5.41, 5.74) is 5.19. The second-order valence-electron chi connectivity index (χ2n) is 5.69. The molecule has 0 N–H and O–H groups in total. The second kappa shape index (κ2) is 6.00. The van der Waals surface area contributed by atoms with E-state index >= 15 is 0 Å². The minimum Gasteiger partial charge on any atom is -0.378 e. The van der Waals surface area contributed by atoms with Crippen LogP contribution in [0.15, 0.2) is 48.5 Å². The van der Waals surface area contributed by atoms with Crippen LogP contribution in [0, 0.1) is 0 Å². The summed E-state index contributed by atoms with van der Waals surface area (Å²) >= 11 is 0. The summed E-state index contributed by atoms with van der Waals surface area (Å²) in [6, 6.07) is 17.6. The van der Waals surface area contributed by atoms with E-state index in [0.29, 0.717) is 5.92 Å². The van der Waals surface area contributed by atoms with E-state index in [-0.39, 0.29) is 0 Å². The largest absolute Gasteiger partial charge is 0.378 e. The first-order chi connectivity index (χ1) is 9.49. The molecule has 0 saturated carbocycles. The summed E-state index contributed by atoms with van der Waals surface area (Å²) in [5.74, 6) is 0.419. The highest BCUT2D eigenvalue weighted by molar-refractivity contribution is 5.50. The van der Waals surface area contributed by atoms with Crippen LogP contribution in [-0.2, 0) is 0 Å². The van der Waals surface area contributed by atoms with Gasteiger partial charge in [-0.15, -0.1) is 0 Å². The second-order valence-corrected chi connectivity index (χ2v) is 5.69. The van der Waals surface area contributed by atoms with E-state index in [1.807, 2.05) is 0 Å². The average molecular weight is 268 g/mol. The van der Waals surface area contributed by atoms with Crippen LogP contribution in [0.1, 0.15) is 24.0 Å². The molecule has 0 heterocycles. The van der Waals surface area contributed by atoms with Gasteiger partial charge in [-0.2, -0.15) is 0 Å². The molecule has 0 bridgehead atoms. The molecule has 0 fully saturated rings. The molecule has 0 aliphatic rings. The van der Waals surface area contributed by atoms with Gasteiger partial charge in [0.1, 0.15) is 0 Å². The maximum absolute atomic E-state index is 2.26. The standard InChI is InChI=1S/C18H24N2/c1-14(15-6-10-17(11-7-15)19(2)3)16-8-12-18(13-9-16)20(4)5/h6-14H,1-5H3. The highest BCUT2D eigenvalue weighted by Gasteiger charge is 2.09. The van der Waals surface area contributed by atoms with Crippen LogP contribution < -0.4 is 9.80 Å². The smallest absolute Gasteiger partial charge is 0.0361 e. The Morgan fingerprint density at radius 1 is 0.600 bits per heavy atom. The zero-order chi connectivity index (χ0) is 14.7. The highest BCUT2D eigenvalue weighted by Crippen LogP contribution is 2.27. The van der Waals surface area contributed by atoms with Crippen LogP contribution in [0.5, 0.6) is 0 Å². The predicted molar refractivity (Wildman–Crippen MR) is 89.1 cm³/mol. The zero-order valence-electron chi connectivity index (χ0n) is 13.1. The minimum atomic E-state index is 0.419. The first kappa shape index (κ1) is 14.4. The topological polar surface area (TPSA) is 6.48 Å². The number of benzene rings is 2. The summed E-state index contributed by atoms with van der Waals surface area (Å²) < 4.78 is 0. The van der Waals surface area contributed by atoms with E-state index in [1.54, 1.807) is 0 Å². The Bertz CT molecular complexity index is 487. The van der Waals surface area contributed by atoms with E-state index in [2.05, 4.69) is 93.4 Å². The van der Waals surface area contributed by atoms with E-state index in [4.69, 9.17) is 0 Å². The van der Waals surface area contributed by atoms with Crippen LogP contribution >= 0.6 is 0 Å². The maximum Gasteiger partial charge on any atom is 0.0361 e. The summed E-state index contributed by atoms with van der Waals surface area (Å²) in [7, 11) is 8.27. The van der Waals surface area contributed by atoms with Gasteiger partial charge in [-0.3, -0.25) is 0 Å². The number of rotatable bonds is 4. The molecule has 0 atom stereocenters. The van der Waals surface area contributed by atoms with Crippen molar-refractivity contribution in [3.8, 4) is 0 Å². The monoisotopic (exact) mass is 268 g/mol. The van der Waals surface area contributed by atoms with Gasteiger partial charge in [-0.25, -0.2) is 0 Å². The van der Waals surface area contributed by atoms with Crippen molar-refractivity contribution in [1.29, 1.82) is 0 Å². The van der Waals surface area contributed by atoms with Gasteiger partial charge in [0.2, 0.25) is 0 Å². The Labute approximate surface area is 122 Å². The van der Waals surface area contributed by atoms with Crippen molar-refractivity contribution in [2.45, 2.75) is 12.8 Å². The molecule has 0 unspecified atom stereocenters. The predicted octanol–water partition coefficient (Wildman–Crippen LogP) is 3.97. The molecule has 0 aliphatic carbocycles. The van der Waals surface area contributed by atoms with Crippen LogP contribution in [-0.4, -0.2) is 28.2 Å². The quantitative estimate of drug-likeness (QED) is 0.828. The van der Waals surface area contributed by atoms with Gasteiger partial charge in [0.15, 0.2) is 0 Å². The summed E-state index contributed by atoms with van der Waals surface area (Å²) in [5, 5.41) is 0. The van der Waals surface area contributed by atoms with Crippen molar-refractivity contribution in [3.63, 3.8) is 0 Å². The molecule has 0 radical (unpaired) electrons. The highest BCUT2D eigenvalue weighted by atomic mass is 15.1. The van der Waals surface area contributed by atoms with Gasteiger partial charge in [-0.05, 0) is 35.4 Å². The summed E-state index contributed by atoms with van der Waals surface area (Å²) in [6.07, 6.45) is 0. The Morgan fingerprint density at radius 3 is 1.15 bits per heavy atom. The molecule has 2 heteroatoms. The van der Waals surface area contributed by atoms with Crippen molar-refractivity contribution < 1.29 is 0 Å². The van der Waals surface area contributed by atoms with Gasteiger partial charge >= 0.3 is 0 Å². The van der Waals surface area contributed by atoms with Gasteiger partial charge in [0.05, 0.1) is 0 Å². The third kappa shape index (κ3) is 3.13. The van der Waals surface area contributed by atoms with Crippen molar-refractivity contribution in [2.75, 3.05) is 38.0 Å². The van der Waals surface area contributed by atoms with Crippen molar-refractivity contribution in [1.82, 2.24) is 0 Å². The van der Waals surface area contributed by atoms with Gasteiger partial charge in [0, 0.05) is 45.5 Å². The number of hydrogen-bond donors (Lipinski definition) is 0. The Balaban J connectivity index is 2.19. The lowest BCUT2D eigenvalue weighted by atomic mass is 9.93. The fraction of sp³-hybridized carbons (Fsp3) is 0.333. The third-order valence-electron chi connectivity index (χ3n) is 3.82. The SMILES string of the molecule is CC(c1ccc(N(C)C)cc1)c1ccc(N(C)C)cc1. The van der Waals surface area contributed by atoms with Crippen LogP contribution in [0.2, 0.25) is 0 Å². The molecule has 0 saturated heterocycles. The first-order valence-corrected chi connectivity index (χ1v) is 7.03. The van der Waals surface area contributed by atoms with Crippen molar-refractivity contribution >= 4 is 11.4 Å². The molecular weight excluding hydrogens is 244 g/mol. The lowest BCUT2D eigenvalue weighted by molar-refractivity contribution is 0.920. The molecule has 2 rings (SSSR count). The zero-order valence-corrected chi connectivity index (χ0v) is 13.1. The molecule has 0 amide bonds. The van der Waals surface area contributed by atoms with E-state index < -0.39 is 0 Å². The molecule has 2 nitrogen and oxygen atoms in total. The molecule has 2 aromatic carbocycles.